The summed E-state index contributed by atoms with van der Waals surface area (Å²) in [6, 6.07) is 1.81. The van der Waals surface area contributed by atoms with Crippen molar-refractivity contribution in [3.05, 3.63) is 18.1 Å². The summed E-state index contributed by atoms with van der Waals surface area (Å²) in [5.41, 5.74) is 0.513. The molecule has 1 aliphatic rings. The molecule has 0 spiro atoms. The van der Waals surface area contributed by atoms with Crippen molar-refractivity contribution in [2.24, 2.45) is 0 Å². The van der Waals surface area contributed by atoms with Crippen molar-refractivity contribution in [2.75, 3.05) is 26.2 Å². The zero-order chi connectivity index (χ0) is 13.3. The topological polar surface area (TPSA) is 82.9 Å². The van der Waals surface area contributed by atoms with Crippen LogP contribution in [0.3, 0.4) is 0 Å². The van der Waals surface area contributed by atoms with Gasteiger partial charge >= 0.3 is 0 Å². The Balaban J connectivity index is 1.84. The molecule has 19 heavy (non-hydrogen) atoms. The molecule has 2 N–H and O–H groups in total. The van der Waals surface area contributed by atoms with Crippen LogP contribution in [0, 0.1) is 0 Å². The third-order valence-corrected chi connectivity index (χ3v) is 3.61. The predicted octanol–water partition coefficient (Wildman–Crippen LogP) is 0.600. The predicted molar refractivity (Wildman–Crippen MR) is 69.3 cm³/mol. The first-order valence-corrected chi connectivity index (χ1v) is 6.47. The summed E-state index contributed by atoms with van der Waals surface area (Å²) >= 11 is 0. The molecular weight excluding hydrogens is 244 g/mol. The van der Waals surface area contributed by atoms with Crippen molar-refractivity contribution in [2.45, 2.75) is 19.4 Å². The van der Waals surface area contributed by atoms with Gasteiger partial charge in [-0.05, 0) is 19.9 Å². The van der Waals surface area contributed by atoms with Crippen LogP contribution in [0.2, 0.25) is 0 Å². The molecule has 0 unspecified atom stereocenters. The van der Waals surface area contributed by atoms with Gasteiger partial charge in [0.25, 0.3) is 5.89 Å². The van der Waals surface area contributed by atoms with Crippen molar-refractivity contribution in [3.8, 4) is 11.6 Å². The van der Waals surface area contributed by atoms with Crippen molar-refractivity contribution < 1.29 is 4.52 Å². The molecule has 0 bridgehead atoms. The lowest BCUT2D eigenvalue weighted by Crippen LogP contribution is -2.52. The Morgan fingerprint density at radius 2 is 2.11 bits per heavy atom. The monoisotopic (exact) mass is 262 g/mol. The van der Waals surface area contributed by atoms with E-state index in [0.717, 1.165) is 31.9 Å². The van der Waals surface area contributed by atoms with Crippen LogP contribution >= 0.6 is 0 Å². The van der Waals surface area contributed by atoms with Crippen molar-refractivity contribution in [1.82, 2.24) is 30.6 Å². The summed E-state index contributed by atoms with van der Waals surface area (Å²) < 4.78 is 5.31. The maximum Gasteiger partial charge on any atom is 0.275 e. The van der Waals surface area contributed by atoms with Crippen molar-refractivity contribution in [1.29, 1.82) is 0 Å². The number of H-pyrrole nitrogens is 1. The van der Waals surface area contributed by atoms with Gasteiger partial charge in [-0.25, -0.2) is 0 Å². The lowest BCUT2D eigenvalue weighted by Gasteiger charge is -2.38. The average Bonchev–Trinajstić information content (AvgIpc) is 3.10. The molecular formula is C12H18N6O. The van der Waals surface area contributed by atoms with Crippen molar-refractivity contribution >= 4 is 0 Å². The molecule has 102 valence electrons. The van der Waals surface area contributed by atoms with Crippen LogP contribution in [0.5, 0.6) is 0 Å². The Hall–Kier alpha value is -1.73. The van der Waals surface area contributed by atoms with Crippen LogP contribution < -0.4 is 5.32 Å². The fraction of sp³-hybridized carbons (Fsp3) is 0.583. The summed E-state index contributed by atoms with van der Waals surface area (Å²) in [4.78, 5) is 6.85. The first kappa shape index (κ1) is 12.3. The van der Waals surface area contributed by atoms with Crippen LogP contribution in [0.15, 0.2) is 16.8 Å². The Morgan fingerprint density at radius 1 is 1.32 bits per heavy atom. The lowest BCUT2D eigenvalue weighted by molar-refractivity contribution is 0.0925. The molecule has 3 heterocycles. The third-order valence-electron chi connectivity index (χ3n) is 3.61. The summed E-state index contributed by atoms with van der Waals surface area (Å²) in [7, 11) is 0. The fourth-order valence-electron chi connectivity index (χ4n) is 2.32. The van der Waals surface area contributed by atoms with Gasteiger partial charge in [0.2, 0.25) is 0 Å². The second-order valence-electron chi connectivity index (χ2n) is 5.19. The maximum absolute atomic E-state index is 5.31. The smallest absolute Gasteiger partial charge is 0.275 e. The maximum atomic E-state index is 5.31. The summed E-state index contributed by atoms with van der Waals surface area (Å²) in [5, 5.41) is 14.2. The van der Waals surface area contributed by atoms with E-state index < -0.39 is 0 Å². The average molecular weight is 262 g/mol. The molecule has 1 aliphatic heterocycles. The Labute approximate surface area is 111 Å². The zero-order valence-corrected chi connectivity index (χ0v) is 11.2. The fourth-order valence-corrected chi connectivity index (χ4v) is 2.32. The minimum Gasteiger partial charge on any atom is -0.332 e. The minimum absolute atomic E-state index is 0.232. The molecule has 0 saturated carbocycles. The summed E-state index contributed by atoms with van der Waals surface area (Å²) in [5.74, 6) is 1.19. The molecule has 7 nitrogen and oxygen atoms in total. The van der Waals surface area contributed by atoms with Gasteiger partial charge in [0.05, 0.1) is 5.54 Å². The molecule has 0 aliphatic carbocycles. The van der Waals surface area contributed by atoms with Gasteiger partial charge < -0.3 is 9.84 Å². The lowest BCUT2D eigenvalue weighted by atomic mass is 10.0. The highest BCUT2D eigenvalue weighted by Gasteiger charge is 2.34. The Bertz CT molecular complexity index is 526. The second kappa shape index (κ2) is 4.75. The Morgan fingerprint density at radius 3 is 2.79 bits per heavy atom. The van der Waals surface area contributed by atoms with E-state index in [1.165, 1.54) is 0 Å². The van der Waals surface area contributed by atoms with Crippen LogP contribution in [0.25, 0.3) is 11.6 Å². The molecule has 1 fully saturated rings. The molecule has 0 amide bonds. The summed E-state index contributed by atoms with van der Waals surface area (Å²) in [6.07, 6.45) is 1.67. The van der Waals surface area contributed by atoms with E-state index in [-0.39, 0.29) is 5.54 Å². The highest BCUT2D eigenvalue weighted by molar-refractivity contribution is 5.44. The van der Waals surface area contributed by atoms with E-state index in [1.807, 2.05) is 6.07 Å². The van der Waals surface area contributed by atoms with E-state index in [9.17, 15) is 0 Å². The molecule has 7 heteroatoms. The van der Waals surface area contributed by atoms with Gasteiger partial charge in [-0.2, -0.15) is 10.1 Å². The van der Waals surface area contributed by atoms with Gasteiger partial charge in [-0.15, -0.1) is 0 Å². The minimum atomic E-state index is -0.232. The van der Waals surface area contributed by atoms with Gasteiger partial charge in [0.15, 0.2) is 5.82 Å². The third kappa shape index (κ3) is 2.26. The van der Waals surface area contributed by atoms with Gasteiger partial charge in [0.1, 0.15) is 5.69 Å². The van der Waals surface area contributed by atoms with E-state index >= 15 is 0 Å². The number of aromatic amines is 1. The number of piperazine rings is 1. The SMILES string of the molecule is CC(C)(c1noc(-c2ccn[nH]2)n1)N1CCNCC1. The highest BCUT2D eigenvalue weighted by Crippen LogP contribution is 2.27. The standard InChI is InChI=1S/C12H18N6O/c1-12(2,18-7-5-13-6-8-18)11-15-10(19-17-11)9-3-4-14-16-9/h3-4,13H,5-8H2,1-2H3,(H,14,16). The normalized spacial score (nSPS) is 17.8. The van der Waals surface area contributed by atoms with E-state index in [1.54, 1.807) is 6.20 Å². The Kier molecular flexibility index (Phi) is 3.08. The van der Waals surface area contributed by atoms with E-state index in [0.29, 0.717) is 11.7 Å². The number of aromatic nitrogens is 4. The van der Waals surface area contributed by atoms with Gasteiger partial charge in [-0.1, -0.05) is 5.16 Å². The van der Waals surface area contributed by atoms with Crippen LogP contribution in [-0.2, 0) is 5.54 Å². The number of nitrogens with zero attached hydrogens (tertiary/aromatic N) is 4. The first-order chi connectivity index (χ1) is 9.18. The quantitative estimate of drug-likeness (QED) is 0.843. The molecule has 0 atom stereocenters. The first-order valence-electron chi connectivity index (χ1n) is 6.47. The molecule has 2 aromatic rings. The number of hydrogen-bond donors (Lipinski definition) is 2. The summed E-state index contributed by atoms with van der Waals surface area (Å²) in [6.45, 7) is 8.21. The molecule has 0 radical (unpaired) electrons. The highest BCUT2D eigenvalue weighted by atomic mass is 16.5. The van der Waals surface area contributed by atoms with Gasteiger partial charge in [-0.3, -0.25) is 10.00 Å². The number of rotatable bonds is 3. The molecule has 2 aromatic heterocycles. The van der Waals surface area contributed by atoms with Crippen molar-refractivity contribution in [3.63, 3.8) is 0 Å². The van der Waals surface area contributed by atoms with Crippen LogP contribution in [0.1, 0.15) is 19.7 Å². The number of nitrogens with one attached hydrogen (secondary N) is 2. The molecule has 3 rings (SSSR count). The zero-order valence-electron chi connectivity index (χ0n) is 11.2. The van der Waals surface area contributed by atoms with Crippen LogP contribution in [0.4, 0.5) is 0 Å². The van der Waals surface area contributed by atoms with Gasteiger partial charge in [0, 0.05) is 32.4 Å². The second-order valence-corrected chi connectivity index (χ2v) is 5.19. The molecule has 1 saturated heterocycles. The largest absolute Gasteiger partial charge is 0.332 e. The van der Waals surface area contributed by atoms with E-state index in [4.69, 9.17) is 4.52 Å². The van der Waals surface area contributed by atoms with E-state index in [2.05, 4.69) is 44.4 Å². The molecule has 0 aromatic carbocycles. The number of hydrogen-bond acceptors (Lipinski definition) is 6. The van der Waals surface area contributed by atoms with Crippen LogP contribution in [-0.4, -0.2) is 51.4 Å².